The number of aromatic nitrogens is 3. The molecule has 106 valence electrons. The molecule has 1 aromatic heterocycles. The molecule has 0 aliphatic carbocycles. The van der Waals surface area contributed by atoms with Gasteiger partial charge in [0.15, 0.2) is 0 Å². The number of halogens is 2. The number of hydrogen-bond donors (Lipinski definition) is 1. The third-order valence-corrected chi connectivity index (χ3v) is 3.63. The van der Waals surface area contributed by atoms with Crippen LogP contribution in [0.3, 0.4) is 0 Å². The highest BCUT2D eigenvalue weighted by Gasteiger charge is 2.18. The van der Waals surface area contributed by atoms with Crippen LogP contribution in [0.4, 0.5) is 0 Å². The molecule has 1 N–H and O–H groups in total. The highest BCUT2D eigenvalue weighted by Crippen LogP contribution is 2.29. The van der Waals surface area contributed by atoms with Crippen molar-refractivity contribution in [2.75, 3.05) is 0 Å². The van der Waals surface area contributed by atoms with E-state index in [4.69, 9.17) is 23.2 Å². The molecule has 6 heteroatoms. The third kappa shape index (κ3) is 2.93. The van der Waals surface area contributed by atoms with Gasteiger partial charge in [-0.05, 0) is 24.3 Å². The van der Waals surface area contributed by atoms with E-state index in [-0.39, 0.29) is 0 Å². The first-order valence-corrected chi connectivity index (χ1v) is 7.01. The summed E-state index contributed by atoms with van der Waals surface area (Å²) < 4.78 is 1.60. The van der Waals surface area contributed by atoms with Crippen molar-refractivity contribution >= 4 is 23.2 Å². The van der Waals surface area contributed by atoms with Gasteiger partial charge in [-0.2, -0.15) is 0 Å². The lowest BCUT2D eigenvalue weighted by atomic mass is 10.1. The maximum Gasteiger partial charge on any atom is 0.126 e. The van der Waals surface area contributed by atoms with Gasteiger partial charge in [0, 0.05) is 15.6 Å². The minimum atomic E-state index is -0.952. The van der Waals surface area contributed by atoms with Gasteiger partial charge in [0.05, 0.1) is 11.9 Å². The fraction of sp³-hybridized carbons (Fsp3) is 0.0667. The molecule has 0 aliphatic heterocycles. The highest BCUT2D eigenvalue weighted by molar-refractivity contribution is 6.35. The number of nitrogens with zero attached hydrogens (tertiary/aromatic N) is 3. The van der Waals surface area contributed by atoms with Crippen molar-refractivity contribution in [2.45, 2.75) is 6.10 Å². The van der Waals surface area contributed by atoms with Crippen LogP contribution in [0.1, 0.15) is 17.4 Å². The topological polar surface area (TPSA) is 50.9 Å². The van der Waals surface area contributed by atoms with Crippen molar-refractivity contribution in [3.8, 4) is 5.69 Å². The largest absolute Gasteiger partial charge is 0.382 e. The minimum Gasteiger partial charge on any atom is -0.382 e. The molecule has 1 atom stereocenters. The molecule has 0 fully saturated rings. The molecular weight excluding hydrogens is 309 g/mol. The van der Waals surface area contributed by atoms with Crippen molar-refractivity contribution in [2.24, 2.45) is 0 Å². The molecule has 0 radical (unpaired) electrons. The van der Waals surface area contributed by atoms with Crippen molar-refractivity contribution in [1.29, 1.82) is 0 Å². The summed E-state index contributed by atoms with van der Waals surface area (Å²) in [7, 11) is 0. The van der Waals surface area contributed by atoms with Crippen LogP contribution in [0.25, 0.3) is 5.69 Å². The fourth-order valence-electron chi connectivity index (χ4n) is 1.99. The van der Waals surface area contributed by atoms with E-state index in [9.17, 15) is 5.11 Å². The predicted octanol–water partition coefficient (Wildman–Crippen LogP) is 3.66. The minimum absolute atomic E-state index is 0.393. The predicted molar refractivity (Wildman–Crippen MR) is 81.9 cm³/mol. The molecule has 1 heterocycles. The smallest absolute Gasteiger partial charge is 0.126 e. The van der Waals surface area contributed by atoms with Gasteiger partial charge in [0.25, 0.3) is 0 Å². The summed E-state index contributed by atoms with van der Waals surface area (Å²) in [5, 5.41) is 19.3. The molecule has 0 saturated carbocycles. The molecule has 0 spiro atoms. The Morgan fingerprint density at radius 1 is 1.05 bits per heavy atom. The lowest BCUT2D eigenvalue weighted by Gasteiger charge is -2.09. The van der Waals surface area contributed by atoms with Crippen LogP contribution in [0.15, 0.2) is 54.7 Å². The van der Waals surface area contributed by atoms with Gasteiger partial charge in [-0.3, -0.25) is 0 Å². The molecule has 0 bridgehead atoms. The van der Waals surface area contributed by atoms with Crippen LogP contribution in [0.2, 0.25) is 10.0 Å². The standard InChI is InChI=1S/C15H11Cl2N3O/c16-10-6-7-12(13(17)8-10)15(21)14-9-20(19-18-14)11-4-2-1-3-5-11/h1-9,15,21H. The summed E-state index contributed by atoms with van der Waals surface area (Å²) in [4.78, 5) is 0. The average molecular weight is 320 g/mol. The van der Waals surface area contributed by atoms with Crippen LogP contribution >= 0.6 is 23.2 Å². The summed E-state index contributed by atoms with van der Waals surface area (Å²) in [6.45, 7) is 0. The van der Waals surface area contributed by atoms with E-state index in [1.165, 1.54) is 0 Å². The number of para-hydroxylation sites is 1. The second kappa shape index (κ2) is 5.85. The monoisotopic (exact) mass is 319 g/mol. The molecule has 0 amide bonds. The number of aliphatic hydroxyl groups excluding tert-OH is 1. The van der Waals surface area contributed by atoms with Crippen LogP contribution in [0.5, 0.6) is 0 Å². The summed E-state index contributed by atoms with van der Waals surface area (Å²) in [6, 6.07) is 14.5. The van der Waals surface area contributed by atoms with Crippen LogP contribution in [-0.2, 0) is 0 Å². The molecule has 4 nitrogen and oxygen atoms in total. The number of rotatable bonds is 3. The Hall–Kier alpha value is -1.88. The first kappa shape index (κ1) is 14.1. The van der Waals surface area contributed by atoms with Gasteiger partial charge >= 0.3 is 0 Å². The zero-order valence-electron chi connectivity index (χ0n) is 10.8. The SMILES string of the molecule is OC(c1cn(-c2ccccc2)nn1)c1ccc(Cl)cc1Cl. The Kier molecular flexibility index (Phi) is 3.92. The second-order valence-corrected chi connectivity index (χ2v) is 5.34. The quantitative estimate of drug-likeness (QED) is 0.801. The van der Waals surface area contributed by atoms with Gasteiger partial charge in [-0.15, -0.1) is 5.10 Å². The molecule has 3 aromatic rings. The molecule has 3 rings (SSSR count). The van der Waals surface area contributed by atoms with Crippen LogP contribution < -0.4 is 0 Å². The second-order valence-electron chi connectivity index (χ2n) is 4.49. The molecule has 21 heavy (non-hydrogen) atoms. The van der Waals surface area contributed by atoms with Gasteiger partial charge in [-0.1, -0.05) is 52.7 Å². The van der Waals surface area contributed by atoms with Crippen LogP contribution in [-0.4, -0.2) is 20.1 Å². The lowest BCUT2D eigenvalue weighted by molar-refractivity contribution is 0.215. The van der Waals surface area contributed by atoms with E-state index in [0.29, 0.717) is 21.3 Å². The highest BCUT2D eigenvalue weighted by atomic mass is 35.5. The maximum absolute atomic E-state index is 10.4. The fourth-order valence-corrected chi connectivity index (χ4v) is 2.50. The van der Waals surface area contributed by atoms with Crippen molar-refractivity contribution in [1.82, 2.24) is 15.0 Å². The van der Waals surface area contributed by atoms with Crippen LogP contribution in [0, 0.1) is 0 Å². The van der Waals surface area contributed by atoms with Crippen molar-refractivity contribution < 1.29 is 5.11 Å². The Morgan fingerprint density at radius 3 is 2.52 bits per heavy atom. The van der Waals surface area contributed by atoms with E-state index >= 15 is 0 Å². The van der Waals surface area contributed by atoms with E-state index in [1.54, 1.807) is 29.1 Å². The Balaban J connectivity index is 1.92. The summed E-state index contributed by atoms with van der Waals surface area (Å²) in [5.41, 5.74) is 1.83. The molecule has 0 saturated heterocycles. The number of aliphatic hydroxyl groups is 1. The average Bonchev–Trinajstić information content (AvgIpc) is 2.97. The normalized spacial score (nSPS) is 12.3. The molecular formula is C15H11Cl2N3O. The molecule has 1 unspecified atom stereocenters. The van der Waals surface area contributed by atoms with E-state index in [1.807, 2.05) is 30.3 Å². The Bertz CT molecular complexity index is 759. The van der Waals surface area contributed by atoms with E-state index in [0.717, 1.165) is 5.69 Å². The summed E-state index contributed by atoms with van der Waals surface area (Å²) in [5.74, 6) is 0. The number of hydrogen-bond acceptors (Lipinski definition) is 3. The Labute approximate surface area is 131 Å². The van der Waals surface area contributed by atoms with Gasteiger partial charge in [0.2, 0.25) is 0 Å². The Morgan fingerprint density at radius 2 is 1.81 bits per heavy atom. The van der Waals surface area contributed by atoms with Crippen molar-refractivity contribution in [3.63, 3.8) is 0 Å². The van der Waals surface area contributed by atoms with Crippen molar-refractivity contribution in [3.05, 3.63) is 76.0 Å². The first-order chi connectivity index (χ1) is 10.1. The van der Waals surface area contributed by atoms with Gasteiger partial charge in [-0.25, -0.2) is 4.68 Å². The molecule has 2 aromatic carbocycles. The summed E-state index contributed by atoms with van der Waals surface area (Å²) >= 11 is 12.0. The summed E-state index contributed by atoms with van der Waals surface area (Å²) in [6.07, 6.45) is 0.720. The lowest BCUT2D eigenvalue weighted by Crippen LogP contribution is -2.01. The number of benzene rings is 2. The molecule has 0 aliphatic rings. The van der Waals surface area contributed by atoms with E-state index in [2.05, 4.69) is 10.3 Å². The van der Waals surface area contributed by atoms with E-state index < -0.39 is 6.10 Å². The van der Waals surface area contributed by atoms with Gasteiger partial charge in [0.1, 0.15) is 11.8 Å². The maximum atomic E-state index is 10.4. The zero-order valence-corrected chi connectivity index (χ0v) is 12.3. The third-order valence-electron chi connectivity index (χ3n) is 3.07. The van der Waals surface area contributed by atoms with Gasteiger partial charge < -0.3 is 5.11 Å². The zero-order chi connectivity index (χ0) is 14.8. The first-order valence-electron chi connectivity index (χ1n) is 6.26.